The van der Waals surface area contributed by atoms with Gasteiger partial charge in [-0.1, -0.05) is 47.1 Å². The molecule has 1 aliphatic heterocycles. The van der Waals surface area contributed by atoms with Crippen LogP contribution in [0.4, 0.5) is 0 Å². The van der Waals surface area contributed by atoms with E-state index in [1.165, 1.54) is 37.7 Å². The van der Waals surface area contributed by atoms with Crippen molar-refractivity contribution in [3.63, 3.8) is 0 Å². The van der Waals surface area contributed by atoms with Crippen LogP contribution in [0.25, 0.3) is 0 Å². The maximum absolute atomic E-state index is 6.17. The fourth-order valence-corrected chi connectivity index (χ4v) is 6.00. The van der Waals surface area contributed by atoms with E-state index in [1.54, 1.807) is 11.1 Å². The van der Waals surface area contributed by atoms with Gasteiger partial charge in [0.05, 0.1) is 6.61 Å². The van der Waals surface area contributed by atoms with Crippen LogP contribution in [0.1, 0.15) is 82.9 Å². The molecule has 4 rings (SSSR count). The summed E-state index contributed by atoms with van der Waals surface area (Å²) in [6.07, 6.45) is 6.92. The number of benzene rings is 1. The molecule has 1 saturated carbocycles. The lowest BCUT2D eigenvalue weighted by Gasteiger charge is -2.54. The normalized spacial score (nSPS) is 32.9. The minimum atomic E-state index is 0.317. The van der Waals surface area contributed by atoms with E-state index in [9.17, 15) is 0 Å². The van der Waals surface area contributed by atoms with Gasteiger partial charge in [-0.2, -0.15) is 0 Å². The summed E-state index contributed by atoms with van der Waals surface area (Å²) < 4.78 is 11.5. The molecule has 2 aliphatic carbocycles. The van der Waals surface area contributed by atoms with E-state index < -0.39 is 0 Å². The van der Waals surface area contributed by atoms with Gasteiger partial charge in [-0.3, -0.25) is 0 Å². The summed E-state index contributed by atoms with van der Waals surface area (Å²) in [5.41, 5.74) is 5.47. The summed E-state index contributed by atoms with van der Waals surface area (Å²) in [7, 11) is 0. The molecule has 2 fully saturated rings. The summed E-state index contributed by atoms with van der Waals surface area (Å²) in [5, 5.41) is 0. The van der Waals surface area contributed by atoms with E-state index >= 15 is 0 Å². The van der Waals surface area contributed by atoms with E-state index in [4.69, 9.17) is 9.47 Å². The van der Waals surface area contributed by atoms with Crippen molar-refractivity contribution in [3.8, 4) is 5.75 Å². The van der Waals surface area contributed by atoms with Crippen LogP contribution in [0, 0.1) is 11.3 Å². The van der Waals surface area contributed by atoms with Crippen LogP contribution in [-0.4, -0.2) is 19.3 Å². The maximum Gasteiger partial charge on any atom is 0.123 e. The minimum Gasteiger partial charge on any atom is -0.490 e. The van der Waals surface area contributed by atoms with Crippen LogP contribution < -0.4 is 4.74 Å². The molecule has 1 aromatic carbocycles. The molecule has 2 heteroatoms. The van der Waals surface area contributed by atoms with Crippen molar-refractivity contribution in [1.29, 1.82) is 0 Å². The van der Waals surface area contributed by atoms with Crippen molar-refractivity contribution in [1.82, 2.24) is 0 Å². The largest absolute Gasteiger partial charge is 0.490 e. The number of ether oxygens (including phenoxy) is 2. The molecule has 3 atom stereocenters. The third-order valence-corrected chi connectivity index (χ3v) is 7.25. The Labute approximate surface area is 153 Å². The van der Waals surface area contributed by atoms with E-state index in [2.05, 4.69) is 46.8 Å². The second-order valence-corrected chi connectivity index (χ2v) is 9.78. The third kappa shape index (κ3) is 2.91. The van der Waals surface area contributed by atoms with Crippen LogP contribution in [0.2, 0.25) is 0 Å². The number of epoxide rings is 1. The highest BCUT2D eigenvalue weighted by Gasteiger charge is 2.50. The zero-order valence-electron chi connectivity index (χ0n) is 16.7. The molecule has 0 aromatic heterocycles. The first-order chi connectivity index (χ1) is 11.8. The molecule has 1 saturated heterocycles. The summed E-state index contributed by atoms with van der Waals surface area (Å²) >= 11 is 0. The van der Waals surface area contributed by atoms with Crippen molar-refractivity contribution < 1.29 is 9.47 Å². The van der Waals surface area contributed by atoms with Gasteiger partial charge in [0.1, 0.15) is 18.5 Å². The lowest BCUT2D eigenvalue weighted by Crippen LogP contribution is -2.48. The Kier molecular flexibility index (Phi) is 4.18. The topological polar surface area (TPSA) is 21.8 Å². The smallest absolute Gasteiger partial charge is 0.123 e. The monoisotopic (exact) mass is 342 g/mol. The van der Waals surface area contributed by atoms with Gasteiger partial charge in [-0.05, 0) is 65.5 Å². The zero-order chi connectivity index (χ0) is 17.8. The Morgan fingerprint density at radius 3 is 2.64 bits per heavy atom. The van der Waals surface area contributed by atoms with Crippen LogP contribution >= 0.6 is 0 Å². The quantitative estimate of drug-likeness (QED) is 0.663. The Hall–Kier alpha value is -1.02. The molecule has 3 aliphatic rings. The van der Waals surface area contributed by atoms with Crippen LogP contribution in [-0.2, 0) is 16.6 Å². The second kappa shape index (κ2) is 6.01. The van der Waals surface area contributed by atoms with Gasteiger partial charge in [-0.15, -0.1) is 0 Å². The van der Waals surface area contributed by atoms with Gasteiger partial charge in [0, 0.05) is 5.56 Å². The Morgan fingerprint density at radius 1 is 1.20 bits per heavy atom. The maximum atomic E-state index is 6.17. The molecular weight excluding hydrogens is 308 g/mol. The van der Waals surface area contributed by atoms with Crippen molar-refractivity contribution in [2.45, 2.75) is 84.2 Å². The minimum absolute atomic E-state index is 0.317. The lowest BCUT2D eigenvalue weighted by molar-refractivity contribution is 0.0404. The Morgan fingerprint density at radius 2 is 1.96 bits per heavy atom. The number of hydrogen-bond acceptors (Lipinski definition) is 2. The van der Waals surface area contributed by atoms with Crippen LogP contribution in [0.5, 0.6) is 5.75 Å². The van der Waals surface area contributed by atoms with E-state index in [1.807, 2.05) is 0 Å². The molecule has 0 radical (unpaired) electrons. The van der Waals surface area contributed by atoms with Crippen molar-refractivity contribution in [3.05, 3.63) is 28.8 Å². The predicted molar refractivity (Wildman–Crippen MR) is 103 cm³/mol. The standard InChI is InChI=1S/C23H34O2/c1-15(2)21-17-7-10-20-22(3,4)11-6-12-23(20,5)18(17)8-9-19(21)25-14-16-13-24-16/h8-9,15-16,20H,6-7,10-14H2,1-5H3/t16?,20?,23-/m1/s1. The molecular formula is C23H34O2. The van der Waals surface area contributed by atoms with Gasteiger partial charge in [0.2, 0.25) is 0 Å². The molecule has 2 nitrogen and oxygen atoms in total. The van der Waals surface area contributed by atoms with Crippen molar-refractivity contribution in [2.24, 2.45) is 11.3 Å². The summed E-state index contributed by atoms with van der Waals surface area (Å²) in [6.45, 7) is 13.7. The molecule has 138 valence electrons. The summed E-state index contributed by atoms with van der Waals surface area (Å²) in [5.74, 6) is 2.40. The highest BCUT2D eigenvalue weighted by atomic mass is 16.6. The van der Waals surface area contributed by atoms with E-state index in [0.717, 1.165) is 18.3 Å². The highest BCUT2D eigenvalue weighted by Crippen LogP contribution is 2.58. The first-order valence-corrected chi connectivity index (χ1v) is 10.2. The van der Waals surface area contributed by atoms with Crippen molar-refractivity contribution in [2.75, 3.05) is 13.2 Å². The molecule has 0 bridgehead atoms. The molecule has 25 heavy (non-hydrogen) atoms. The van der Waals surface area contributed by atoms with Crippen molar-refractivity contribution >= 4 is 0 Å². The summed E-state index contributed by atoms with van der Waals surface area (Å²) in [6, 6.07) is 4.66. The van der Waals surface area contributed by atoms with Gasteiger partial charge in [-0.25, -0.2) is 0 Å². The molecule has 0 N–H and O–H groups in total. The molecule has 1 aromatic rings. The molecule has 1 heterocycles. The SMILES string of the molecule is CC(C)c1c(OCC2CO2)ccc2c1CCC1C(C)(C)CCC[C@]21C. The van der Waals surface area contributed by atoms with Crippen LogP contribution in [0.3, 0.4) is 0 Å². The Balaban J connectivity index is 1.75. The average Bonchev–Trinajstić information content (AvgIpc) is 3.35. The average molecular weight is 343 g/mol. The highest BCUT2D eigenvalue weighted by molar-refractivity contribution is 5.51. The molecule has 0 amide bonds. The van der Waals surface area contributed by atoms with Gasteiger partial charge < -0.3 is 9.47 Å². The number of rotatable bonds is 4. The first kappa shape index (κ1) is 17.4. The first-order valence-electron chi connectivity index (χ1n) is 10.2. The number of hydrogen-bond donors (Lipinski definition) is 0. The zero-order valence-corrected chi connectivity index (χ0v) is 16.7. The van der Waals surface area contributed by atoms with E-state index in [-0.39, 0.29) is 0 Å². The second-order valence-electron chi connectivity index (χ2n) is 9.78. The summed E-state index contributed by atoms with van der Waals surface area (Å²) in [4.78, 5) is 0. The number of fused-ring (bicyclic) bond motifs is 3. The third-order valence-electron chi connectivity index (χ3n) is 7.25. The van der Waals surface area contributed by atoms with Gasteiger partial charge >= 0.3 is 0 Å². The Bertz CT molecular complexity index is 656. The lowest BCUT2D eigenvalue weighted by atomic mass is 9.50. The fourth-order valence-electron chi connectivity index (χ4n) is 6.00. The van der Waals surface area contributed by atoms with Gasteiger partial charge in [0.15, 0.2) is 0 Å². The predicted octanol–water partition coefficient (Wildman–Crippen LogP) is 5.62. The van der Waals surface area contributed by atoms with Gasteiger partial charge in [0.25, 0.3) is 0 Å². The fraction of sp³-hybridized carbons (Fsp3) is 0.739. The van der Waals surface area contributed by atoms with Crippen LogP contribution in [0.15, 0.2) is 12.1 Å². The molecule has 2 unspecified atom stereocenters. The molecule has 0 spiro atoms. The van der Waals surface area contributed by atoms with E-state index in [0.29, 0.717) is 29.5 Å².